The first-order valence-corrected chi connectivity index (χ1v) is 10.6. The van der Waals surface area contributed by atoms with Gasteiger partial charge in [-0.15, -0.1) is 0 Å². The Hall–Kier alpha value is -2.39. The van der Waals surface area contributed by atoms with Crippen LogP contribution in [0.2, 0.25) is 0 Å². The molecule has 0 N–H and O–H groups in total. The molecule has 1 radical (unpaired) electrons. The summed E-state index contributed by atoms with van der Waals surface area (Å²) in [7, 11) is 0. The normalized spacial score (nSPS) is 7.03. The number of rotatable bonds is 3. The van der Waals surface area contributed by atoms with E-state index in [1.165, 1.54) is 13.1 Å². The second-order valence-corrected chi connectivity index (χ2v) is 9.68. The monoisotopic (exact) mass is 545 g/mol. The van der Waals surface area contributed by atoms with Crippen molar-refractivity contribution in [1.82, 2.24) is 0 Å². The van der Waals surface area contributed by atoms with Crippen molar-refractivity contribution in [3.05, 3.63) is 124 Å². The van der Waals surface area contributed by atoms with Gasteiger partial charge in [-0.3, -0.25) is 0 Å². The van der Waals surface area contributed by atoms with Crippen LogP contribution in [0.4, 0.5) is 0 Å². The Labute approximate surface area is 195 Å². The average Bonchev–Trinajstić information content (AvgIpc) is 2.88. The molecule has 0 unspecified atom stereocenters. The fourth-order valence-electron chi connectivity index (χ4n) is 2.31. The molecule has 0 atom stereocenters. The summed E-state index contributed by atoms with van der Waals surface area (Å²) >= 11 is -1.63. The van der Waals surface area contributed by atoms with Gasteiger partial charge in [-0.05, 0) is 0 Å². The predicted molar refractivity (Wildman–Crippen MR) is 105 cm³/mol. The van der Waals surface area contributed by atoms with E-state index >= 15 is 0 Å². The van der Waals surface area contributed by atoms with E-state index in [1.807, 2.05) is 0 Å². The molecule has 30 heavy (non-hydrogen) atoms. The van der Waals surface area contributed by atoms with Gasteiger partial charge in [0.05, 0.1) is 0 Å². The van der Waals surface area contributed by atoms with Gasteiger partial charge in [-0.2, -0.15) is 0 Å². The summed E-state index contributed by atoms with van der Waals surface area (Å²) in [4.78, 5) is 0. The molecule has 0 spiro atoms. The van der Waals surface area contributed by atoms with Crippen molar-refractivity contribution in [2.24, 2.45) is 0 Å². The van der Waals surface area contributed by atoms with Gasteiger partial charge in [-0.1, -0.05) is 0 Å². The van der Waals surface area contributed by atoms with Crippen LogP contribution in [0.25, 0.3) is 0 Å². The second kappa shape index (κ2) is 28.8. The molecule has 0 aliphatic heterocycles. The Morgan fingerprint density at radius 1 is 0.367 bits per heavy atom. The minimum absolute atomic E-state index is 0. The molecule has 0 saturated heterocycles. The van der Waals surface area contributed by atoms with E-state index in [9.17, 15) is 0 Å². The van der Waals surface area contributed by atoms with Crippen LogP contribution in [0.15, 0.2) is 91.0 Å². The van der Waals surface area contributed by atoms with Gasteiger partial charge in [0.2, 0.25) is 0 Å². The third-order valence-electron chi connectivity index (χ3n) is 3.19. The van der Waals surface area contributed by atoms with E-state index in [4.69, 9.17) is 23.3 Å². The molecule has 0 bridgehead atoms. The van der Waals surface area contributed by atoms with E-state index in [0.29, 0.717) is 0 Å². The Morgan fingerprint density at radius 2 is 0.533 bits per heavy atom. The molecule has 3 aromatic rings. The van der Waals surface area contributed by atoms with Crippen LogP contribution in [-0.4, -0.2) is 14.7 Å². The van der Waals surface area contributed by atoms with Gasteiger partial charge in [0, 0.05) is 21.1 Å². The number of hydrogen-bond acceptors (Lipinski definition) is 0. The van der Waals surface area contributed by atoms with Gasteiger partial charge >= 0.3 is 175 Å². The Bertz CT molecular complexity index is 716. The maximum atomic E-state index is 7.50. The number of benzene rings is 3. The molecule has 149 valence electrons. The third-order valence-corrected chi connectivity index (χ3v) is 8.92. The van der Waals surface area contributed by atoms with Crippen LogP contribution in [0.1, 0.15) is 0 Å². The molecular formula is C23H16AsMoO5. The van der Waals surface area contributed by atoms with Crippen LogP contribution < -0.4 is 13.1 Å². The maximum absolute atomic E-state index is 7.50. The van der Waals surface area contributed by atoms with Gasteiger partial charge in [0.15, 0.2) is 0 Å². The van der Waals surface area contributed by atoms with E-state index in [0.717, 1.165) is 0 Å². The van der Waals surface area contributed by atoms with Crippen molar-refractivity contribution in [3.63, 3.8) is 0 Å². The summed E-state index contributed by atoms with van der Waals surface area (Å²) in [5.41, 5.74) is 0. The van der Waals surface area contributed by atoms with Crippen LogP contribution in [-0.2, 0) is 44.3 Å². The van der Waals surface area contributed by atoms with Crippen molar-refractivity contribution in [1.29, 1.82) is 0 Å². The van der Waals surface area contributed by atoms with E-state index in [1.54, 1.807) is 0 Å². The second-order valence-electron chi connectivity index (χ2n) is 4.47. The minimum atomic E-state index is -1.63. The zero-order valence-electron chi connectivity index (χ0n) is 15.6. The molecule has 3 rings (SSSR count). The molecule has 0 fully saturated rings. The molecule has 0 aromatic heterocycles. The van der Waals surface area contributed by atoms with Crippen LogP contribution in [0, 0.1) is 33.3 Å². The van der Waals surface area contributed by atoms with E-state index in [2.05, 4.69) is 124 Å². The first-order valence-electron chi connectivity index (χ1n) is 7.50. The van der Waals surface area contributed by atoms with Crippen molar-refractivity contribution in [2.45, 2.75) is 0 Å². The van der Waals surface area contributed by atoms with Crippen molar-refractivity contribution in [3.8, 4) is 0 Å². The topological polar surface area (TPSA) is 99.5 Å². The fourth-order valence-corrected chi connectivity index (χ4v) is 7.72. The summed E-state index contributed by atoms with van der Waals surface area (Å²) < 4.78 is 42.0. The van der Waals surface area contributed by atoms with Gasteiger partial charge in [0.1, 0.15) is 0 Å². The molecule has 0 aliphatic rings. The van der Waals surface area contributed by atoms with E-state index < -0.39 is 14.7 Å². The summed E-state index contributed by atoms with van der Waals surface area (Å²) in [6.07, 6.45) is 0. The Balaban J connectivity index is -0.000000271. The van der Waals surface area contributed by atoms with Crippen molar-refractivity contribution < 1.29 is 44.3 Å². The van der Waals surface area contributed by atoms with Gasteiger partial charge < -0.3 is 0 Å². The van der Waals surface area contributed by atoms with Crippen LogP contribution in [0.5, 0.6) is 0 Å². The fraction of sp³-hybridized carbons (Fsp3) is 0. The predicted octanol–water partition coefficient (Wildman–Crippen LogP) is 1.75. The molecule has 0 saturated carbocycles. The van der Waals surface area contributed by atoms with Gasteiger partial charge in [-0.25, -0.2) is 0 Å². The third kappa shape index (κ3) is 13.7. The quantitative estimate of drug-likeness (QED) is 0.273. The zero-order chi connectivity index (χ0) is 22.9. The Kier molecular flexibility index (Phi) is 33.7. The van der Waals surface area contributed by atoms with Crippen molar-refractivity contribution in [2.75, 3.05) is 0 Å². The molecule has 0 amide bonds. The average molecular weight is 543 g/mol. The molecule has 0 heterocycles. The Morgan fingerprint density at radius 3 is 0.700 bits per heavy atom. The van der Waals surface area contributed by atoms with E-state index in [-0.39, 0.29) is 21.1 Å². The first kappa shape index (κ1) is 35.1. The molecule has 3 aromatic carbocycles. The number of hydrogen-bond donors (Lipinski definition) is 0. The summed E-state index contributed by atoms with van der Waals surface area (Å²) in [5.74, 6) is 0. The molecule has 0 aliphatic carbocycles. The van der Waals surface area contributed by atoms with Crippen LogP contribution in [0.3, 0.4) is 0 Å². The van der Waals surface area contributed by atoms with Crippen LogP contribution >= 0.6 is 0 Å². The van der Waals surface area contributed by atoms with Gasteiger partial charge in [0.25, 0.3) is 0 Å². The standard InChI is InChI=1S/C18H16As.5CO.Mo/c1-4-10-16(11-5-1)19(17-12-6-2-7-13-17)18-14-8-3-9-15-18;5*1-2;/h1-15,19H;;;;;;. The summed E-state index contributed by atoms with van der Waals surface area (Å²) in [6, 6.07) is 32.8. The molecule has 7 heteroatoms. The first-order chi connectivity index (χ1) is 14.4. The summed E-state index contributed by atoms with van der Waals surface area (Å²) in [6.45, 7) is 22.5. The summed E-state index contributed by atoms with van der Waals surface area (Å²) in [5, 5.41) is 0. The molecular weight excluding hydrogens is 527 g/mol. The zero-order valence-corrected chi connectivity index (χ0v) is 19.7. The molecule has 5 nitrogen and oxygen atoms in total. The van der Waals surface area contributed by atoms with Crippen molar-refractivity contribution >= 4 is 27.7 Å². The SMILES string of the molecule is [C-]#[O+].[C-]#[O+].[C-]#[O+].[C-]#[O+].[C-]#[O+].[Mo].c1ccc([AsH](c2ccccc2)c2ccccc2)cc1.